The lowest BCUT2D eigenvalue weighted by molar-refractivity contribution is -0.480. The molecular formula is C13H15FN2OS2. The van der Waals surface area contributed by atoms with E-state index in [1.54, 1.807) is 18.2 Å². The van der Waals surface area contributed by atoms with Crippen molar-refractivity contribution in [2.45, 2.75) is 24.8 Å². The normalized spacial score (nSPS) is 22.9. The largest absolute Gasteiger partial charge is 0.623 e. The van der Waals surface area contributed by atoms with E-state index in [1.165, 1.54) is 24.0 Å². The maximum absolute atomic E-state index is 13.5. The van der Waals surface area contributed by atoms with Crippen LogP contribution in [0.2, 0.25) is 0 Å². The van der Waals surface area contributed by atoms with E-state index in [2.05, 4.69) is 0 Å². The van der Waals surface area contributed by atoms with Gasteiger partial charge in [0.1, 0.15) is 15.7 Å². The van der Waals surface area contributed by atoms with E-state index in [9.17, 15) is 9.60 Å². The van der Waals surface area contributed by atoms with Gasteiger partial charge in [0.25, 0.3) is 0 Å². The van der Waals surface area contributed by atoms with Gasteiger partial charge in [-0.3, -0.25) is 0 Å². The number of hydrogen-bond donors (Lipinski definition) is 0. The summed E-state index contributed by atoms with van der Waals surface area (Å²) in [6.07, 6.45) is 1.29. The van der Waals surface area contributed by atoms with Gasteiger partial charge in [-0.05, 0) is 37.7 Å². The SMILES string of the molecule is CN1C(=S)S[C@@H](/[N+]([O-])=C\c2ccccc2F)C1(C)C. The lowest BCUT2D eigenvalue weighted by Gasteiger charge is -2.30. The molecule has 0 amide bonds. The van der Waals surface area contributed by atoms with Crippen molar-refractivity contribution in [3.05, 3.63) is 40.9 Å². The second-order valence-electron chi connectivity index (χ2n) is 4.96. The third kappa shape index (κ3) is 2.60. The van der Waals surface area contributed by atoms with Gasteiger partial charge in [-0.25, -0.2) is 4.39 Å². The van der Waals surface area contributed by atoms with Crippen LogP contribution in [0, 0.1) is 11.0 Å². The maximum atomic E-state index is 13.5. The number of nitrogens with zero attached hydrogens (tertiary/aromatic N) is 2. The van der Waals surface area contributed by atoms with Crippen molar-refractivity contribution in [3.63, 3.8) is 0 Å². The number of hydroxylamine groups is 1. The van der Waals surface area contributed by atoms with E-state index in [0.29, 0.717) is 4.32 Å². The van der Waals surface area contributed by atoms with E-state index in [1.807, 2.05) is 25.8 Å². The number of thioether (sulfide) groups is 1. The molecule has 1 fully saturated rings. The molecule has 0 aromatic heterocycles. The van der Waals surface area contributed by atoms with Gasteiger partial charge < -0.3 is 10.1 Å². The van der Waals surface area contributed by atoms with Gasteiger partial charge in [0.2, 0.25) is 5.37 Å². The molecule has 0 N–H and O–H groups in total. The second kappa shape index (κ2) is 5.09. The first-order chi connectivity index (χ1) is 8.84. The van der Waals surface area contributed by atoms with Gasteiger partial charge in [-0.2, -0.15) is 4.74 Å². The molecule has 1 aliphatic rings. The van der Waals surface area contributed by atoms with Crippen LogP contribution in [-0.2, 0) is 0 Å². The van der Waals surface area contributed by atoms with Crippen molar-refractivity contribution < 1.29 is 9.13 Å². The summed E-state index contributed by atoms with van der Waals surface area (Å²) in [7, 11) is 1.87. The Bertz CT molecular complexity index is 545. The predicted molar refractivity (Wildman–Crippen MR) is 81.0 cm³/mol. The van der Waals surface area contributed by atoms with Crippen molar-refractivity contribution in [1.82, 2.24) is 4.90 Å². The monoisotopic (exact) mass is 298 g/mol. The molecule has 0 unspecified atom stereocenters. The fourth-order valence-corrected chi connectivity index (χ4v) is 3.57. The third-order valence-corrected chi connectivity index (χ3v) is 5.40. The Morgan fingerprint density at radius 3 is 2.63 bits per heavy atom. The molecular weight excluding hydrogens is 283 g/mol. The smallest absolute Gasteiger partial charge is 0.238 e. The minimum atomic E-state index is -0.403. The molecule has 6 heteroatoms. The van der Waals surface area contributed by atoms with Crippen LogP contribution in [0.4, 0.5) is 4.39 Å². The summed E-state index contributed by atoms with van der Waals surface area (Å²) in [4.78, 5) is 1.90. The quantitative estimate of drug-likeness (QED) is 0.276. The van der Waals surface area contributed by atoms with Crippen molar-refractivity contribution >= 4 is 34.5 Å². The zero-order chi connectivity index (χ0) is 14.2. The van der Waals surface area contributed by atoms with Crippen molar-refractivity contribution in [2.24, 2.45) is 0 Å². The summed E-state index contributed by atoms with van der Waals surface area (Å²) in [5.74, 6) is -0.403. The first-order valence-electron chi connectivity index (χ1n) is 5.83. The van der Waals surface area contributed by atoms with E-state index in [-0.39, 0.29) is 10.9 Å². The van der Waals surface area contributed by atoms with E-state index >= 15 is 0 Å². The standard InChI is InChI=1S/C13H15FN2OS2/c1-13(2)11(19-12(18)15(13)3)16(17)8-9-6-4-5-7-10(9)14/h4-8,11H,1-3H3/b16-8+/t11-/m1/s1. The number of halogens is 1. The van der Waals surface area contributed by atoms with Crippen molar-refractivity contribution in [1.29, 1.82) is 0 Å². The fraction of sp³-hybridized carbons (Fsp3) is 0.385. The molecule has 1 heterocycles. The van der Waals surface area contributed by atoms with E-state index < -0.39 is 11.4 Å². The zero-order valence-electron chi connectivity index (χ0n) is 11.0. The van der Waals surface area contributed by atoms with Crippen LogP contribution >= 0.6 is 24.0 Å². The van der Waals surface area contributed by atoms with Gasteiger partial charge in [-0.1, -0.05) is 24.4 Å². The molecule has 0 bridgehead atoms. The van der Waals surface area contributed by atoms with Crippen LogP contribution < -0.4 is 0 Å². The molecule has 1 aliphatic heterocycles. The third-order valence-electron chi connectivity index (χ3n) is 3.36. The summed E-state index contributed by atoms with van der Waals surface area (Å²) >= 11 is 6.54. The van der Waals surface area contributed by atoms with Crippen LogP contribution in [0.25, 0.3) is 0 Å². The van der Waals surface area contributed by atoms with Gasteiger partial charge in [0, 0.05) is 7.05 Å². The molecule has 0 aliphatic carbocycles. The Labute approximate surface area is 121 Å². The molecule has 1 atom stereocenters. The van der Waals surface area contributed by atoms with Crippen molar-refractivity contribution in [2.75, 3.05) is 7.05 Å². The minimum absolute atomic E-state index is 0.286. The maximum Gasteiger partial charge on any atom is 0.238 e. The van der Waals surface area contributed by atoms with Gasteiger partial charge >= 0.3 is 0 Å². The van der Waals surface area contributed by atoms with E-state index in [0.717, 1.165) is 4.74 Å². The van der Waals surface area contributed by atoms with Crippen LogP contribution in [0.1, 0.15) is 19.4 Å². The molecule has 0 saturated carbocycles. The van der Waals surface area contributed by atoms with E-state index in [4.69, 9.17) is 12.2 Å². The lowest BCUT2D eigenvalue weighted by atomic mass is 10.0. The number of likely N-dealkylation sites (N-methyl/N-ethyl adjacent to an activating group) is 1. The molecule has 0 radical (unpaired) electrons. The summed E-state index contributed by atoms with van der Waals surface area (Å²) in [5.41, 5.74) is -0.111. The highest BCUT2D eigenvalue weighted by atomic mass is 32.2. The molecule has 1 saturated heterocycles. The van der Waals surface area contributed by atoms with Crippen LogP contribution in [0.3, 0.4) is 0 Å². The van der Waals surface area contributed by atoms with Crippen LogP contribution in [-0.4, -0.2) is 38.1 Å². The summed E-state index contributed by atoms with van der Waals surface area (Å²) in [6.45, 7) is 3.90. The Morgan fingerprint density at radius 1 is 1.47 bits per heavy atom. The average molecular weight is 298 g/mol. The lowest BCUT2D eigenvalue weighted by Crippen LogP contribution is -2.47. The van der Waals surface area contributed by atoms with Gasteiger partial charge in [-0.15, -0.1) is 0 Å². The highest BCUT2D eigenvalue weighted by molar-refractivity contribution is 8.23. The minimum Gasteiger partial charge on any atom is -0.623 e. The molecule has 1 aromatic carbocycles. The highest BCUT2D eigenvalue weighted by Gasteiger charge is 2.48. The number of hydrogen-bond acceptors (Lipinski definition) is 3. The molecule has 102 valence electrons. The summed E-state index contributed by atoms with van der Waals surface area (Å²) in [5, 5.41) is 11.9. The fourth-order valence-electron chi connectivity index (χ4n) is 1.87. The highest BCUT2D eigenvalue weighted by Crippen LogP contribution is 2.38. The van der Waals surface area contributed by atoms with Crippen LogP contribution in [0.15, 0.2) is 24.3 Å². The molecule has 3 nitrogen and oxygen atoms in total. The first-order valence-corrected chi connectivity index (χ1v) is 7.12. The molecule has 0 spiro atoms. The zero-order valence-corrected chi connectivity index (χ0v) is 12.6. The molecule has 19 heavy (non-hydrogen) atoms. The second-order valence-corrected chi connectivity index (χ2v) is 6.67. The van der Waals surface area contributed by atoms with Crippen molar-refractivity contribution in [3.8, 4) is 0 Å². The predicted octanol–water partition coefficient (Wildman–Crippen LogP) is 2.82. The summed E-state index contributed by atoms with van der Waals surface area (Å²) in [6, 6.07) is 6.21. The average Bonchev–Trinajstić information content (AvgIpc) is 2.56. The Morgan fingerprint density at radius 2 is 2.11 bits per heavy atom. The first kappa shape index (κ1) is 14.3. The Balaban J connectivity index is 2.33. The summed E-state index contributed by atoms with van der Waals surface area (Å²) < 4.78 is 15.0. The molecule has 1 aromatic rings. The van der Waals surface area contributed by atoms with Gasteiger partial charge in [0.15, 0.2) is 6.21 Å². The number of benzene rings is 1. The Kier molecular flexibility index (Phi) is 3.82. The molecule has 2 rings (SSSR count). The number of rotatable bonds is 2. The Hall–Kier alpha value is -1.14. The topological polar surface area (TPSA) is 29.3 Å². The number of thiocarbonyl (C=S) groups is 1. The van der Waals surface area contributed by atoms with Gasteiger partial charge in [0.05, 0.1) is 5.56 Å². The van der Waals surface area contributed by atoms with Crippen LogP contribution in [0.5, 0.6) is 0 Å².